The van der Waals surface area contributed by atoms with E-state index in [0.29, 0.717) is 18.1 Å². The van der Waals surface area contributed by atoms with E-state index in [-0.39, 0.29) is 6.09 Å². The first kappa shape index (κ1) is 13.6. The maximum atomic E-state index is 11.5. The van der Waals surface area contributed by atoms with Gasteiger partial charge in [-0.1, -0.05) is 0 Å². The summed E-state index contributed by atoms with van der Waals surface area (Å²) in [5.74, 6) is 0. The van der Waals surface area contributed by atoms with Gasteiger partial charge in [-0.3, -0.25) is 0 Å². The summed E-state index contributed by atoms with van der Waals surface area (Å²) >= 11 is 0. The van der Waals surface area contributed by atoms with Gasteiger partial charge in [0, 0.05) is 37.8 Å². The first-order chi connectivity index (χ1) is 8.60. The van der Waals surface area contributed by atoms with Crippen LogP contribution in [-0.4, -0.2) is 67.8 Å². The molecule has 2 aliphatic rings. The molecule has 5 nitrogen and oxygen atoms in total. The smallest absolute Gasteiger partial charge is 0.409 e. The van der Waals surface area contributed by atoms with Crippen LogP contribution < -0.4 is 5.32 Å². The summed E-state index contributed by atoms with van der Waals surface area (Å²) in [6.45, 7) is 4.98. The molecule has 5 heteroatoms. The van der Waals surface area contributed by atoms with Crippen LogP contribution in [0.25, 0.3) is 0 Å². The highest BCUT2D eigenvalue weighted by Gasteiger charge is 2.30. The molecule has 2 rings (SSSR count). The number of carbonyl (C=O) groups is 1. The largest absolute Gasteiger partial charge is 0.453 e. The number of nitrogens with one attached hydrogen (secondary N) is 1. The van der Waals surface area contributed by atoms with Gasteiger partial charge in [0.2, 0.25) is 0 Å². The molecule has 2 aliphatic heterocycles. The Labute approximate surface area is 109 Å². The van der Waals surface area contributed by atoms with Crippen molar-refractivity contribution in [3.8, 4) is 0 Å². The molecule has 2 heterocycles. The lowest BCUT2D eigenvalue weighted by Crippen LogP contribution is -2.51. The van der Waals surface area contributed by atoms with Gasteiger partial charge in [0.25, 0.3) is 0 Å². The minimum Gasteiger partial charge on any atom is -0.453 e. The van der Waals surface area contributed by atoms with Crippen LogP contribution in [0.2, 0.25) is 0 Å². The molecule has 0 bridgehead atoms. The van der Waals surface area contributed by atoms with Crippen LogP contribution in [0.5, 0.6) is 0 Å². The van der Waals surface area contributed by atoms with Crippen LogP contribution in [0.3, 0.4) is 0 Å². The number of hydrogen-bond acceptors (Lipinski definition) is 4. The van der Waals surface area contributed by atoms with E-state index in [2.05, 4.69) is 24.2 Å². The van der Waals surface area contributed by atoms with E-state index in [9.17, 15) is 4.79 Å². The van der Waals surface area contributed by atoms with E-state index in [0.717, 1.165) is 32.5 Å². The monoisotopic (exact) mass is 255 g/mol. The number of piperidine rings is 1. The van der Waals surface area contributed by atoms with Gasteiger partial charge in [-0.25, -0.2) is 4.79 Å². The highest BCUT2D eigenvalue weighted by Crippen LogP contribution is 2.18. The van der Waals surface area contributed by atoms with Crippen LogP contribution >= 0.6 is 0 Å². The van der Waals surface area contributed by atoms with E-state index in [4.69, 9.17) is 4.74 Å². The summed E-state index contributed by atoms with van der Waals surface area (Å²) in [6.07, 6.45) is 3.22. The van der Waals surface area contributed by atoms with Crippen molar-refractivity contribution < 1.29 is 9.53 Å². The van der Waals surface area contributed by atoms with Gasteiger partial charge in [-0.2, -0.15) is 0 Å². The highest BCUT2D eigenvalue weighted by atomic mass is 16.5. The van der Waals surface area contributed by atoms with Gasteiger partial charge in [-0.15, -0.1) is 0 Å². The van der Waals surface area contributed by atoms with Crippen molar-refractivity contribution in [1.29, 1.82) is 0 Å². The zero-order chi connectivity index (χ0) is 13.1. The number of likely N-dealkylation sites (tertiary alicyclic amines) is 2. The molecule has 18 heavy (non-hydrogen) atoms. The van der Waals surface area contributed by atoms with Gasteiger partial charge in [0.15, 0.2) is 0 Å². The molecule has 2 saturated heterocycles. The maximum Gasteiger partial charge on any atom is 0.409 e. The van der Waals surface area contributed by atoms with Crippen molar-refractivity contribution in [1.82, 2.24) is 15.1 Å². The van der Waals surface area contributed by atoms with Crippen molar-refractivity contribution in [2.24, 2.45) is 0 Å². The highest BCUT2D eigenvalue weighted by molar-refractivity contribution is 5.67. The van der Waals surface area contributed by atoms with Crippen molar-refractivity contribution in [2.75, 3.05) is 33.8 Å². The Morgan fingerprint density at radius 1 is 1.33 bits per heavy atom. The fourth-order valence-electron chi connectivity index (χ4n) is 3.06. The molecule has 0 aliphatic carbocycles. The summed E-state index contributed by atoms with van der Waals surface area (Å²) < 4.78 is 4.79. The summed E-state index contributed by atoms with van der Waals surface area (Å²) in [5, 5.41) is 3.70. The Morgan fingerprint density at radius 3 is 2.72 bits per heavy atom. The molecule has 0 aromatic rings. The first-order valence-electron chi connectivity index (χ1n) is 6.89. The van der Waals surface area contributed by atoms with E-state index in [1.165, 1.54) is 13.5 Å². The van der Waals surface area contributed by atoms with Gasteiger partial charge in [0.1, 0.15) is 0 Å². The second kappa shape index (κ2) is 5.89. The minimum atomic E-state index is -0.196. The maximum absolute atomic E-state index is 11.5. The van der Waals surface area contributed by atoms with E-state index >= 15 is 0 Å². The predicted octanol–water partition coefficient (Wildman–Crippen LogP) is 0.899. The number of carbonyl (C=O) groups excluding carboxylic acids is 1. The number of amides is 1. The minimum absolute atomic E-state index is 0.196. The molecule has 1 N–H and O–H groups in total. The average molecular weight is 255 g/mol. The summed E-state index contributed by atoms with van der Waals surface area (Å²) in [6, 6.07) is 1.64. The fraction of sp³-hybridized carbons (Fsp3) is 0.923. The van der Waals surface area contributed by atoms with Gasteiger partial charge >= 0.3 is 6.09 Å². The Morgan fingerprint density at radius 2 is 2.11 bits per heavy atom. The Bertz CT molecular complexity index is 288. The Kier molecular flexibility index (Phi) is 4.45. The quantitative estimate of drug-likeness (QED) is 0.796. The van der Waals surface area contributed by atoms with Crippen LogP contribution in [0.4, 0.5) is 4.79 Å². The average Bonchev–Trinajstić information content (AvgIpc) is 2.67. The summed E-state index contributed by atoms with van der Waals surface area (Å²) in [7, 11) is 3.63. The number of ether oxygens (including phenoxy) is 1. The standard InChI is InChI=1S/C13H25N3O2/c1-10-7-12(8-15(10)2)14-11-5-4-6-16(9-11)13(17)18-3/h10-12,14H,4-9H2,1-3H3/t10-,11+,12-/m1/s1. The number of methoxy groups -OCH3 is 1. The Balaban J connectivity index is 1.81. The van der Waals surface area contributed by atoms with Crippen LogP contribution in [-0.2, 0) is 4.74 Å². The summed E-state index contributed by atoms with van der Waals surface area (Å²) in [5.41, 5.74) is 0. The van der Waals surface area contributed by atoms with Gasteiger partial charge in [0.05, 0.1) is 7.11 Å². The second-order valence-corrected chi connectivity index (χ2v) is 5.64. The third kappa shape index (κ3) is 3.14. The molecule has 3 atom stereocenters. The van der Waals surface area contributed by atoms with Crippen LogP contribution in [0.1, 0.15) is 26.2 Å². The molecule has 1 amide bonds. The molecule has 2 fully saturated rings. The zero-order valence-electron chi connectivity index (χ0n) is 11.7. The topological polar surface area (TPSA) is 44.8 Å². The van der Waals surface area contributed by atoms with Crippen LogP contribution in [0, 0.1) is 0 Å². The predicted molar refractivity (Wildman–Crippen MR) is 70.6 cm³/mol. The molecule has 0 aromatic heterocycles. The van der Waals surface area contributed by atoms with Gasteiger partial charge in [-0.05, 0) is 33.2 Å². The fourth-order valence-corrected chi connectivity index (χ4v) is 3.06. The number of likely N-dealkylation sites (N-methyl/N-ethyl adjacent to an activating group) is 1. The third-order valence-corrected chi connectivity index (χ3v) is 4.21. The lowest BCUT2D eigenvalue weighted by Gasteiger charge is -2.33. The van der Waals surface area contributed by atoms with E-state index in [1.54, 1.807) is 0 Å². The molecule has 104 valence electrons. The molecule has 0 radical (unpaired) electrons. The number of hydrogen-bond donors (Lipinski definition) is 1. The molecule has 0 saturated carbocycles. The van der Waals surface area contributed by atoms with Crippen molar-refractivity contribution in [3.05, 3.63) is 0 Å². The molecular formula is C13H25N3O2. The van der Waals surface area contributed by atoms with Crippen molar-refractivity contribution >= 4 is 6.09 Å². The first-order valence-corrected chi connectivity index (χ1v) is 6.89. The lowest BCUT2D eigenvalue weighted by atomic mass is 10.0. The van der Waals surface area contributed by atoms with Crippen LogP contribution in [0.15, 0.2) is 0 Å². The normalized spacial score (nSPS) is 33.7. The SMILES string of the molecule is COC(=O)N1CCC[C@H](N[C@@H]2C[C@@H](C)N(C)C2)C1. The van der Waals surface area contributed by atoms with Gasteiger partial charge < -0.3 is 19.9 Å². The molecule has 0 aromatic carbocycles. The molecule has 0 unspecified atom stereocenters. The Hall–Kier alpha value is -0.810. The summed E-state index contributed by atoms with van der Waals surface area (Å²) in [4.78, 5) is 15.7. The van der Waals surface area contributed by atoms with Crippen molar-refractivity contribution in [3.63, 3.8) is 0 Å². The van der Waals surface area contributed by atoms with Crippen molar-refractivity contribution in [2.45, 2.75) is 44.3 Å². The molecule has 0 spiro atoms. The zero-order valence-corrected chi connectivity index (χ0v) is 11.7. The molecular weight excluding hydrogens is 230 g/mol. The number of rotatable bonds is 2. The second-order valence-electron chi connectivity index (χ2n) is 5.64. The number of nitrogens with zero attached hydrogens (tertiary/aromatic N) is 2. The third-order valence-electron chi connectivity index (χ3n) is 4.21. The van der Waals surface area contributed by atoms with E-state index in [1.807, 2.05) is 4.90 Å². The van der Waals surface area contributed by atoms with E-state index < -0.39 is 0 Å². The lowest BCUT2D eigenvalue weighted by molar-refractivity contribution is 0.106.